The highest BCUT2D eigenvalue weighted by Gasteiger charge is 2.22. The molecule has 0 radical (unpaired) electrons. The van der Waals surface area contributed by atoms with E-state index in [2.05, 4.69) is 36.7 Å². The molecule has 5 nitrogen and oxygen atoms in total. The number of hydrogen-bond donors (Lipinski definition) is 3. The van der Waals surface area contributed by atoms with Crippen molar-refractivity contribution < 1.29 is 9.59 Å². The van der Waals surface area contributed by atoms with Crippen molar-refractivity contribution in [1.29, 1.82) is 0 Å². The SMILES string of the molecule is CC(C)(C)c1ccc(NC(=O)NC(=O)C2CCNCC2)cc1. The van der Waals surface area contributed by atoms with Crippen LogP contribution in [0.2, 0.25) is 0 Å². The molecule has 1 heterocycles. The Labute approximate surface area is 131 Å². The van der Waals surface area contributed by atoms with Crippen molar-refractivity contribution in [2.24, 2.45) is 5.92 Å². The molecule has 0 atom stereocenters. The van der Waals surface area contributed by atoms with Gasteiger partial charge in [-0.3, -0.25) is 10.1 Å². The fraction of sp³-hybridized carbons (Fsp3) is 0.529. The van der Waals surface area contributed by atoms with E-state index in [0.29, 0.717) is 5.69 Å². The largest absolute Gasteiger partial charge is 0.325 e. The molecule has 1 fully saturated rings. The maximum Gasteiger partial charge on any atom is 0.325 e. The summed E-state index contributed by atoms with van der Waals surface area (Å²) in [4.78, 5) is 23.9. The normalized spacial score (nSPS) is 16.1. The third-order valence-electron chi connectivity index (χ3n) is 3.96. The van der Waals surface area contributed by atoms with Crippen LogP contribution in [-0.2, 0) is 10.2 Å². The predicted molar refractivity (Wildman–Crippen MR) is 87.9 cm³/mol. The molecule has 22 heavy (non-hydrogen) atoms. The van der Waals surface area contributed by atoms with Crippen LogP contribution < -0.4 is 16.0 Å². The van der Waals surface area contributed by atoms with Crippen LogP contribution in [0.25, 0.3) is 0 Å². The zero-order chi connectivity index (χ0) is 16.2. The van der Waals surface area contributed by atoms with E-state index >= 15 is 0 Å². The molecular formula is C17H25N3O2. The van der Waals surface area contributed by atoms with E-state index < -0.39 is 6.03 Å². The number of rotatable bonds is 2. The number of carbonyl (C=O) groups excluding carboxylic acids is 2. The summed E-state index contributed by atoms with van der Waals surface area (Å²) in [5.74, 6) is -0.263. The average molecular weight is 303 g/mol. The number of imide groups is 1. The first-order valence-corrected chi connectivity index (χ1v) is 7.79. The Morgan fingerprint density at radius 3 is 2.23 bits per heavy atom. The first-order chi connectivity index (χ1) is 10.4. The van der Waals surface area contributed by atoms with Crippen molar-refractivity contribution >= 4 is 17.6 Å². The Balaban J connectivity index is 1.87. The van der Waals surface area contributed by atoms with Crippen LogP contribution in [0.3, 0.4) is 0 Å². The fourth-order valence-corrected chi connectivity index (χ4v) is 2.51. The first-order valence-electron chi connectivity index (χ1n) is 7.79. The maximum absolute atomic E-state index is 12.0. The minimum atomic E-state index is -0.466. The van der Waals surface area contributed by atoms with Gasteiger partial charge in [0.25, 0.3) is 0 Å². The Morgan fingerprint density at radius 2 is 1.68 bits per heavy atom. The molecule has 1 aliphatic heterocycles. The number of benzene rings is 1. The predicted octanol–water partition coefficient (Wildman–Crippen LogP) is 2.63. The molecule has 1 aliphatic rings. The maximum atomic E-state index is 12.0. The Bertz CT molecular complexity index is 526. The minimum absolute atomic E-state index is 0.0738. The summed E-state index contributed by atoms with van der Waals surface area (Å²) in [7, 11) is 0. The first kappa shape index (κ1) is 16.5. The zero-order valence-corrected chi connectivity index (χ0v) is 13.5. The molecule has 0 saturated carbocycles. The van der Waals surface area contributed by atoms with Crippen molar-refractivity contribution in [3.05, 3.63) is 29.8 Å². The number of carbonyl (C=O) groups is 2. The van der Waals surface area contributed by atoms with Gasteiger partial charge in [0.05, 0.1) is 0 Å². The van der Waals surface area contributed by atoms with E-state index in [9.17, 15) is 9.59 Å². The van der Waals surface area contributed by atoms with Gasteiger partial charge < -0.3 is 10.6 Å². The lowest BCUT2D eigenvalue weighted by Gasteiger charge is -2.21. The summed E-state index contributed by atoms with van der Waals surface area (Å²) in [6.45, 7) is 8.07. The molecule has 1 aromatic rings. The van der Waals surface area contributed by atoms with Crippen LogP contribution in [0.15, 0.2) is 24.3 Å². The molecule has 0 unspecified atom stereocenters. The highest BCUT2D eigenvalue weighted by molar-refractivity contribution is 6.01. The third kappa shape index (κ3) is 4.56. The Hall–Kier alpha value is -1.88. The van der Waals surface area contributed by atoms with E-state index in [0.717, 1.165) is 25.9 Å². The van der Waals surface area contributed by atoms with E-state index in [1.807, 2.05) is 24.3 Å². The number of hydrogen-bond acceptors (Lipinski definition) is 3. The van der Waals surface area contributed by atoms with Gasteiger partial charge in [0, 0.05) is 11.6 Å². The molecule has 0 aliphatic carbocycles. The topological polar surface area (TPSA) is 70.2 Å². The minimum Gasteiger partial charge on any atom is -0.317 e. The molecular weight excluding hydrogens is 278 g/mol. The summed E-state index contributed by atoms with van der Waals surface area (Å²) in [6.07, 6.45) is 1.55. The number of urea groups is 1. The van der Waals surface area contributed by atoms with Crippen LogP contribution in [0.1, 0.15) is 39.2 Å². The molecule has 3 N–H and O–H groups in total. The molecule has 0 bridgehead atoms. The van der Waals surface area contributed by atoms with Gasteiger partial charge in [0.2, 0.25) is 5.91 Å². The number of amides is 3. The lowest BCUT2D eigenvalue weighted by Crippen LogP contribution is -2.42. The Kier molecular flexibility index (Phi) is 5.19. The van der Waals surface area contributed by atoms with Gasteiger partial charge in [-0.05, 0) is 49.0 Å². The number of piperidine rings is 1. The van der Waals surface area contributed by atoms with Gasteiger partial charge in [-0.1, -0.05) is 32.9 Å². The fourth-order valence-electron chi connectivity index (χ4n) is 2.51. The van der Waals surface area contributed by atoms with Crippen molar-refractivity contribution in [3.63, 3.8) is 0 Å². The quantitative estimate of drug-likeness (QED) is 0.786. The smallest absolute Gasteiger partial charge is 0.317 e. The Morgan fingerprint density at radius 1 is 1.09 bits per heavy atom. The lowest BCUT2D eigenvalue weighted by molar-refractivity contribution is -0.124. The molecule has 2 rings (SSSR count). The van der Waals surface area contributed by atoms with Gasteiger partial charge in [0.15, 0.2) is 0 Å². The van der Waals surface area contributed by atoms with Gasteiger partial charge in [0.1, 0.15) is 0 Å². The van der Waals surface area contributed by atoms with Crippen LogP contribution in [0, 0.1) is 5.92 Å². The number of anilines is 1. The summed E-state index contributed by atoms with van der Waals surface area (Å²) in [5, 5.41) is 8.33. The van der Waals surface area contributed by atoms with Crippen LogP contribution >= 0.6 is 0 Å². The van der Waals surface area contributed by atoms with Crippen LogP contribution in [0.4, 0.5) is 10.5 Å². The molecule has 5 heteroatoms. The molecule has 3 amide bonds. The second kappa shape index (κ2) is 6.92. The molecule has 120 valence electrons. The zero-order valence-electron chi connectivity index (χ0n) is 13.5. The molecule has 0 aromatic heterocycles. The van der Waals surface area contributed by atoms with Crippen molar-refractivity contribution in [2.45, 2.75) is 39.0 Å². The van der Waals surface area contributed by atoms with Crippen molar-refractivity contribution in [1.82, 2.24) is 10.6 Å². The van der Waals surface area contributed by atoms with Gasteiger partial charge in [-0.15, -0.1) is 0 Å². The summed E-state index contributed by atoms with van der Waals surface area (Å²) >= 11 is 0. The van der Waals surface area contributed by atoms with Crippen LogP contribution in [0.5, 0.6) is 0 Å². The monoisotopic (exact) mass is 303 g/mol. The van der Waals surface area contributed by atoms with Gasteiger partial charge in [-0.2, -0.15) is 0 Å². The summed E-state index contributed by atoms with van der Waals surface area (Å²) in [6, 6.07) is 7.23. The highest BCUT2D eigenvalue weighted by atomic mass is 16.2. The molecule has 1 saturated heterocycles. The van der Waals surface area contributed by atoms with Crippen molar-refractivity contribution in [3.8, 4) is 0 Å². The second-order valence-corrected chi connectivity index (χ2v) is 6.79. The summed E-state index contributed by atoms with van der Waals surface area (Å²) < 4.78 is 0. The molecule has 1 aromatic carbocycles. The van der Waals surface area contributed by atoms with Crippen molar-refractivity contribution in [2.75, 3.05) is 18.4 Å². The van der Waals surface area contributed by atoms with Crippen LogP contribution in [-0.4, -0.2) is 25.0 Å². The standard InChI is InChI=1S/C17H25N3O2/c1-17(2,3)13-4-6-14(7-5-13)19-16(22)20-15(21)12-8-10-18-11-9-12/h4-7,12,18H,8-11H2,1-3H3,(H2,19,20,21,22). The lowest BCUT2D eigenvalue weighted by atomic mass is 9.87. The molecule has 0 spiro atoms. The third-order valence-corrected chi connectivity index (χ3v) is 3.96. The van der Waals surface area contributed by atoms with E-state index in [-0.39, 0.29) is 17.2 Å². The number of nitrogens with one attached hydrogen (secondary N) is 3. The average Bonchev–Trinajstić information content (AvgIpc) is 2.47. The van der Waals surface area contributed by atoms with Gasteiger partial charge in [-0.25, -0.2) is 4.79 Å². The highest BCUT2D eigenvalue weighted by Crippen LogP contribution is 2.23. The second-order valence-electron chi connectivity index (χ2n) is 6.79. The van der Waals surface area contributed by atoms with E-state index in [1.165, 1.54) is 5.56 Å². The summed E-state index contributed by atoms with van der Waals surface area (Å²) in [5.41, 5.74) is 1.96. The van der Waals surface area contributed by atoms with E-state index in [4.69, 9.17) is 0 Å². The van der Waals surface area contributed by atoms with E-state index in [1.54, 1.807) is 0 Å². The van der Waals surface area contributed by atoms with Gasteiger partial charge >= 0.3 is 6.03 Å².